The van der Waals surface area contributed by atoms with E-state index in [1.54, 1.807) is 6.92 Å². The lowest BCUT2D eigenvalue weighted by Crippen LogP contribution is -2.29. The first-order valence-corrected chi connectivity index (χ1v) is 8.15. The summed E-state index contributed by atoms with van der Waals surface area (Å²) in [5.74, 6) is -1.16. The van der Waals surface area contributed by atoms with Gasteiger partial charge in [-0.3, -0.25) is 4.79 Å². The Kier molecular flexibility index (Phi) is 5.71. The molecule has 1 unspecified atom stereocenters. The zero-order valence-electron chi connectivity index (χ0n) is 12.0. The number of hydrogen-bond donors (Lipinski definition) is 2. The number of rotatable bonds is 7. The first kappa shape index (κ1) is 16.7. The van der Waals surface area contributed by atoms with Gasteiger partial charge in [0, 0.05) is 12.5 Å². The summed E-state index contributed by atoms with van der Waals surface area (Å²) in [6.07, 6.45) is -0.0249. The Hall–Kier alpha value is -1.40. The lowest BCUT2D eigenvalue weighted by Gasteiger charge is -2.17. The summed E-state index contributed by atoms with van der Waals surface area (Å²) >= 11 is 0. The minimum Gasteiger partial charge on any atom is -0.481 e. The number of benzene rings is 1. The molecule has 0 spiro atoms. The zero-order chi connectivity index (χ0) is 15.3. The minimum absolute atomic E-state index is 0.115. The number of carbonyl (C=O) groups is 1. The van der Waals surface area contributed by atoms with E-state index in [9.17, 15) is 13.2 Å². The second-order valence-corrected chi connectivity index (χ2v) is 6.89. The Morgan fingerprint density at radius 2 is 2.00 bits per heavy atom. The molecule has 1 aromatic rings. The quantitative estimate of drug-likeness (QED) is 0.808. The lowest BCUT2D eigenvalue weighted by molar-refractivity contribution is -0.137. The number of nitrogens with one attached hydrogen (secondary N) is 1. The summed E-state index contributed by atoms with van der Waals surface area (Å²) < 4.78 is 26.4. The van der Waals surface area contributed by atoms with Crippen molar-refractivity contribution in [3.63, 3.8) is 0 Å². The number of aryl methyl sites for hydroxylation is 2. The molecule has 2 N–H and O–H groups in total. The molecule has 0 saturated carbocycles. The molecule has 0 bridgehead atoms. The number of aliphatic carboxylic acids is 1. The summed E-state index contributed by atoms with van der Waals surface area (Å²) in [5, 5.41) is 8.52. The van der Waals surface area contributed by atoms with Crippen molar-refractivity contribution in [1.82, 2.24) is 4.72 Å². The van der Waals surface area contributed by atoms with Crippen molar-refractivity contribution in [2.24, 2.45) is 0 Å². The molecule has 0 radical (unpaired) electrons. The molecule has 0 aliphatic carbocycles. The highest BCUT2D eigenvalue weighted by Gasteiger charge is 2.17. The third-order valence-corrected chi connectivity index (χ3v) is 4.60. The first-order chi connectivity index (χ1) is 9.21. The molecule has 0 heterocycles. The van der Waals surface area contributed by atoms with E-state index in [0.717, 1.165) is 16.7 Å². The molecule has 0 fully saturated rings. The Bertz CT molecular complexity index is 581. The van der Waals surface area contributed by atoms with Gasteiger partial charge in [0.2, 0.25) is 10.0 Å². The van der Waals surface area contributed by atoms with E-state index >= 15 is 0 Å². The van der Waals surface area contributed by atoms with Crippen LogP contribution in [0.15, 0.2) is 18.2 Å². The fraction of sp³-hybridized carbons (Fsp3) is 0.500. The standard InChI is InChI=1S/C14H21NO4S/c1-10-6-7-11(2)13(9-10)12(3)15-20(18,19)8-4-5-14(16)17/h6-7,9,12,15H,4-5,8H2,1-3H3,(H,16,17). The maximum Gasteiger partial charge on any atom is 0.303 e. The van der Waals surface area contributed by atoms with E-state index < -0.39 is 16.0 Å². The molecule has 0 aliphatic rings. The van der Waals surface area contributed by atoms with Crippen LogP contribution in [0.1, 0.15) is 42.5 Å². The van der Waals surface area contributed by atoms with E-state index in [1.807, 2.05) is 32.0 Å². The number of sulfonamides is 1. The average Bonchev–Trinajstić information content (AvgIpc) is 2.30. The van der Waals surface area contributed by atoms with Gasteiger partial charge in [0.05, 0.1) is 5.75 Å². The van der Waals surface area contributed by atoms with E-state index in [-0.39, 0.29) is 24.6 Å². The Balaban J connectivity index is 2.71. The largest absolute Gasteiger partial charge is 0.481 e. The average molecular weight is 299 g/mol. The van der Waals surface area contributed by atoms with Crippen LogP contribution in [0.4, 0.5) is 0 Å². The number of carboxylic acid groups (broad SMARTS) is 1. The van der Waals surface area contributed by atoms with Crippen LogP contribution in [-0.2, 0) is 14.8 Å². The molecular weight excluding hydrogens is 278 g/mol. The molecule has 1 atom stereocenters. The maximum atomic E-state index is 11.9. The van der Waals surface area contributed by atoms with E-state index in [2.05, 4.69) is 4.72 Å². The molecule has 1 rings (SSSR count). The van der Waals surface area contributed by atoms with Crippen LogP contribution in [0.5, 0.6) is 0 Å². The summed E-state index contributed by atoms with van der Waals surface area (Å²) in [7, 11) is -3.47. The molecular formula is C14H21NO4S. The van der Waals surface area contributed by atoms with Gasteiger partial charge in [0.15, 0.2) is 0 Å². The van der Waals surface area contributed by atoms with Gasteiger partial charge in [-0.05, 0) is 38.3 Å². The zero-order valence-corrected chi connectivity index (χ0v) is 12.8. The van der Waals surface area contributed by atoms with Crippen LogP contribution in [0.3, 0.4) is 0 Å². The van der Waals surface area contributed by atoms with Crippen molar-refractivity contribution in [2.45, 2.75) is 39.7 Å². The Morgan fingerprint density at radius 1 is 1.35 bits per heavy atom. The van der Waals surface area contributed by atoms with Crippen LogP contribution in [0, 0.1) is 13.8 Å². The normalized spacial score (nSPS) is 13.2. The van der Waals surface area contributed by atoms with Crippen LogP contribution in [0.25, 0.3) is 0 Å². The van der Waals surface area contributed by atoms with E-state index in [1.165, 1.54) is 0 Å². The van der Waals surface area contributed by atoms with E-state index in [0.29, 0.717) is 0 Å². The fourth-order valence-corrected chi connectivity index (χ4v) is 3.34. The lowest BCUT2D eigenvalue weighted by atomic mass is 10.0. The van der Waals surface area contributed by atoms with Crippen molar-refractivity contribution in [1.29, 1.82) is 0 Å². The number of carboxylic acids is 1. The molecule has 0 saturated heterocycles. The molecule has 20 heavy (non-hydrogen) atoms. The Labute approximate surface area is 120 Å². The molecule has 0 aliphatic heterocycles. The third-order valence-electron chi connectivity index (χ3n) is 3.06. The maximum absolute atomic E-state index is 11.9. The predicted octanol–water partition coefficient (Wildman–Crippen LogP) is 2.15. The second-order valence-electron chi connectivity index (χ2n) is 5.02. The van der Waals surface area contributed by atoms with Gasteiger partial charge in [-0.15, -0.1) is 0 Å². The van der Waals surface area contributed by atoms with Gasteiger partial charge in [0.25, 0.3) is 0 Å². The van der Waals surface area contributed by atoms with Crippen molar-refractivity contribution in [2.75, 3.05) is 5.75 Å². The predicted molar refractivity (Wildman–Crippen MR) is 78.1 cm³/mol. The Morgan fingerprint density at radius 3 is 2.60 bits per heavy atom. The third kappa shape index (κ3) is 5.30. The highest BCUT2D eigenvalue weighted by atomic mass is 32.2. The monoisotopic (exact) mass is 299 g/mol. The van der Waals surface area contributed by atoms with Crippen LogP contribution in [0.2, 0.25) is 0 Å². The van der Waals surface area contributed by atoms with Gasteiger partial charge in [-0.25, -0.2) is 13.1 Å². The minimum atomic E-state index is -3.47. The van der Waals surface area contributed by atoms with Crippen molar-refractivity contribution >= 4 is 16.0 Å². The topological polar surface area (TPSA) is 83.5 Å². The van der Waals surface area contributed by atoms with Crippen LogP contribution in [-0.4, -0.2) is 25.2 Å². The molecule has 1 aromatic carbocycles. The summed E-state index contributed by atoms with van der Waals surface area (Å²) in [6, 6.07) is 5.57. The molecule has 0 amide bonds. The van der Waals surface area contributed by atoms with Crippen LogP contribution < -0.4 is 4.72 Å². The van der Waals surface area contributed by atoms with Crippen LogP contribution >= 0.6 is 0 Å². The highest BCUT2D eigenvalue weighted by molar-refractivity contribution is 7.89. The highest BCUT2D eigenvalue weighted by Crippen LogP contribution is 2.19. The summed E-state index contributed by atoms with van der Waals surface area (Å²) in [6.45, 7) is 5.68. The van der Waals surface area contributed by atoms with Gasteiger partial charge in [-0.1, -0.05) is 23.8 Å². The SMILES string of the molecule is Cc1ccc(C)c(C(C)NS(=O)(=O)CCCC(=O)O)c1. The molecule has 112 valence electrons. The van der Waals surface area contributed by atoms with E-state index in [4.69, 9.17) is 5.11 Å². The van der Waals surface area contributed by atoms with Gasteiger partial charge in [-0.2, -0.15) is 0 Å². The van der Waals surface area contributed by atoms with Gasteiger partial charge < -0.3 is 5.11 Å². The molecule has 0 aromatic heterocycles. The van der Waals surface area contributed by atoms with Gasteiger partial charge in [0.1, 0.15) is 0 Å². The fourth-order valence-electron chi connectivity index (χ4n) is 2.03. The number of hydrogen-bond acceptors (Lipinski definition) is 3. The molecule has 5 nitrogen and oxygen atoms in total. The smallest absolute Gasteiger partial charge is 0.303 e. The second kappa shape index (κ2) is 6.85. The van der Waals surface area contributed by atoms with Crippen molar-refractivity contribution in [3.05, 3.63) is 34.9 Å². The van der Waals surface area contributed by atoms with Gasteiger partial charge >= 0.3 is 5.97 Å². The molecule has 6 heteroatoms. The van der Waals surface area contributed by atoms with Crippen molar-refractivity contribution < 1.29 is 18.3 Å². The summed E-state index contributed by atoms with van der Waals surface area (Å²) in [5.41, 5.74) is 3.03. The van der Waals surface area contributed by atoms with Crippen molar-refractivity contribution in [3.8, 4) is 0 Å². The first-order valence-electron chi connectivity index (χ1n) is 6.50. The summed E-state index contributed by atoms with van der Waals surface area (Å²) in [4.78, 5) is 10.4.